The summed E-state index contributed by atoms with van der Waals surface area (Å²) < 4.78 is 28.1. The molecule has 1 aromatic heterocycles. The van der Waals surface area contributed by atoms with Crippen molar-refractivity contribution in [3.8, 4) is 0 Å². The van der Waals surface area contributed by atoms with Gasteiger partial charge in [-0.05, 0) is 43.2 Å². The van der Waals surface area contributed by atoms with Crippen LogP contribution in [0.4, 0.5) is 5.69 Å². The molecule has 1 saturated heterocycles. The highest BCUT2D eigenvalue weighted by molar-refractivity contribution is 7.89. The van der Waals surface area contributed by atoms with E-state index < -0.39 is 15.9 Å². The molecule has 150 valence electrons. The van der Waals surface area contributed by atoms with Crippen molar-refractivity contribution in [1.29, 1.82) is 0 Å². The fourth-order valence-corrected chi connectivity index (χ4v) is 4.95. The lowest BCUT2D eigenvalue weighted by Gasteiger charge is -2.16. The number of amides is 1. The van der Waals surface area contributed by atoms with Crippen molar-refractivity contribution < 1.29 is 13.2 Å². The Morgan fingerprint density at radius 2 is 1.83 bits per heavy atom. The summed E-state index contributed by atoms with van der Waals surface area (Å²) in [7, 11) is -3.57. The van der Waals surface area contributed by atoms with Gasteiger partial charge in [0.05, 0.1) is 22.1 Å². The maximum atomic E-state index is 12.7. The van der Waals surface area contributed by atoms with Crippen LogP contribution in [0.2, 0.25) is 0 Å². The number of aromatic nitrogens is 2. The van der Waals surface area contributed by atoms with E-state index in [1.165, 1.54) is 27.3 Å². The molecule has 0 unspecified atom stereocenters. The molecule has 0 aliphatic carbocycles. The molecular weight excluding hydrogens is 392 g/mol. The highest BCUT2D eigenvalue weighted by Crippen LogP contribution is 2.23. The molecule has 1 amide bonds. The molecule has 1 fully saturated rings. The van der Waals surface area contributed by atoms with E-state index in [1.807, 2.05) is 0 Å². The predicted octanol–water partition coefficient (Wildman–Crippen LogP) is 1.82. The third-order valence-corrected chi connectivity index (χ3v) is 6.76. The van der Waals surface area contributed by atoms with E-state index in [0.717, 1.165) is 12.8 Å². The smallest absolute Gasteiger partial charge is 0.261 e. The van der Waals surface area contributed by atoms with Gasteiger partial charge in [0, 0.05) is 18.8 Å². The number of hydrogen-bond donors (Lipinski definition) is 1. The Bertz CT molecular complexity index is 1230. The lowest BCUT2D eigenvalue weighted by Crippen LogP contribution is -2.29. The van der Waals surface area contributed by atoms with Gasteiger partial charge in [0.1, 0.15) is 6.54 Å². The molecule has 2 aromatic carbocycles. The Morgan fingerprint density at radius 1 is 1.07 bits per heavy atom. The van der Waals surface area contributed by atoms with Crippen LogP contribution in [0.15, 0.2) is 64.5 Å². The van der Waals surface area contributed by atoms with Crippen molar-refractivity contribution >= 4 is 32.5 Å². The minimum atomic E-state index is -3.57. The molecule has 1 N–H and O–H groups in total. The average Bonchev–Trinajstić information content (AvgIpc) is 3.26. The molecule has 0 spiro atoms. The zero-order valence-electron chi connectivity index (χ0n) is 15.6. The summed E-state index contributed by atoms with van der Waals surface area (Å²) >= 11 is 0. The van der Waals surface area contributed by atoms with Crippen molar-refractivity contribution in [3.05, 3.63) is 65.2 Å². The number of benzene rings is 2. The summed E-state index contributed by atoms with van der Waals surface area (Å²) in [4.78, 5) is 29.3. The summed E-state index contributed by atoms with van der Waals surface area (Å²) in [5.41, 5.74) is 0.613. The molecule has 0 saturated carbocycles. The molecule has 0 radical (unpaired) electrons. The normalized spacial score (nSPS) is 14.9. The van der Waals surface area contributed by atoms with E-state index in [9.17, 15) is 18.0 Å². The molecule has 2 heterocycles. The zero-order valence-corrected chi connectivity index (χ0v) is 16.4. The van der Waals surface area contributed by atoms with Crippen LogP contribution in [-0.4, -0.2) is 41.3 Å². The summed E-state index contributed by atoms with van der Waals surface area (Å²) in [6.07, 6.45) is 3.03. The van der Waals surface area contributed by atoms with Gasteiger partial charge in [0.25, 0.3) is 5.56 Å². The molecule has 3 aromatic rings. The van der Waals surface area contributed by atoms with Crippen molar-refractivity contribution in [2.45, 2.75) is 24.3 Å². The Labute approximate surface area is 167 Å². The monoisotopic (exact) mass is 412 g/mol. The van der Waals surface area contributed by atoms with Gasteiger partial charge in [0.2, 0.25) is 15.9 Å². The van der Waals surface area contributed by atoms with Crippen LogP contribution in [0.1, 0.15) is 12.8 Å². The maximum absolute atomic E-state index is 12.7. The van der Waals surface area contributed by atoms with Gasteiger partial charge in [-0.1, -0.05) is 18.2 Å². The van der Waals surface area contributed by atoms with Crippen LogP contribution in [0.3, 0.4) is 0 Å². The Hall–Kier alpha value is -3.04. The third kappa shape index (κ3) is 3.92. The first-order valence-electron chi connectivity index (χ1n) is 9.29. The molecule has 0 bridgehead atoms. The van der Waals surface area contributed by atoms with Gasteiger partial charge in [-0.15, -0.1) is 0 Å². The molecule has 8 nitrogen and oxygen atoms in total. The first-order valence-corrected chi connectivity index (χ1v) is 10.7. The topological polar surface area (TPSA) is 101 Å². The van der Waals surface area contributed by atoms with Crippen molar-refractivity contribution in [1.82, 2.24) is 13.9 Å². The molecule has 4 rings (SSSR count). The summed E-state index contributed by atoms with van der Waals surface area (Å²) in [5.74, 6) is -0.445. The highest BCUT2D eigenvalue weighted by Gasteiger charge is 2.27. The van der Waals surface area contributed by atoms with E-state index >= 15 is 0 Å². The number of nitrogens with zero attached hydrogens (tertiary/aromatic N) is 3. The van der Waals surface area contributed by atoms with E-state index in [1.54, 1.807) is 36.4 Å². The zero-order chi connectivity index (χ0) is 20.4. The number of sulfonamides is 1. The fraction of sp³-hybridized carbons (Fsp3) is 0.250. The second kappa shape index (κ2) is 7.76. The number of rotatable bonds is 5. The third-order valence-electron chi connectivity index (χ3n) is 4.87. The SMILES string of the molecule is O=C(Cn1cnc2ccccc2c1=O)Nc1cccc(S(=O)(=O)N2CCCC2)c1. The van der Waals surface area contributed by atoms with Gasteiger partial charge in [-0.2, -0.15) is 4.31 Å². The predicted molar refractivity (Wildman–Crippen MR) is 109 cm³/mol. The Morgan fingerprint density at radius 3 is 2.62 bits per heavy atom. The molecule has 1 aliphatic heterocycles. The minimum absolute atomic E-state index is 0.140. The van der Waals surface area contributed by atoms with E-state index in [2.05, 4.69) is 10.3 Å². The summed E-state index contributed by atoms with van der Waals surface area (Å²) in [5, 5.41) is 3.09. The highest BCUT2D eigenvalue weighted by atomic mass is 32.2. The second-order valence-corrected chi connectivity index (χ2v) is 8.82. The standard InChI is InChI=1S/C20H20N4O4S/c25-19(13-23-14-21-18-9-2-1-8-17(18)20(23)26)22-15-6-5-7-16(12-15)29(27,28)24-10-3-4-11-24/h1-2,5-9,12,14H,3-4,10-11,13H2,(H,22,25). The summed E-state index contributed by atoms with van der Waals surface area (Å²) in [6, 6.07) is 13.1. The van der Waals surface area contributed by atoms with Crippen molar-refractivity contribution in [2.75, 3.05) is 18.4 Å². The van der Waals surface area contributed by atoms with E-state index in [4.69, 9.17) is 0 Å². The molecule has 9 heteroatoms. The molecule has 0 atom stereocenters. The fourth-order valence-electron chi connectivity index (χ4n) is 3.39. The maximum Gasteiger partial charge on any atom is 0.261 e. The Kier molecular flexibility index (Phi) is 5.16. The van der Waals surface area contributed by atoms with Crippen LogP contribution < -0.4 is 10.9 Å². The first-order chi connectivity index (χ1) is 13.9. The largest absolute Gasteiger partial charge is 0.324 e. The van der Waals surface area contributed by atoms with Crippen LogP contribution in [0, 0.1) is 0 Å². The average molecular weight is 412 g/mol. The molecule has 29 heavy (non-hydrogen) atoms. The van der Waals surface area contributed by atoms with Gasteiger partial charge in [-0.25, -0.2) is 13.4 Å². The lowest BCUT2D eigenvalue weighted by atomic mass is 10.2. The van der Waals surface area contributed by atoms with Crippen LogP contribution >= 0.6 is 0 Å². The minimum Gasteiger partial charge on any atom is -0.324 e. The van der Waals surface area contributed by atoms with Gasteiger partial charge in [0.15, 0.2) is 0 Å². The van der Waals surface area contributed by atoms with Crippen LogP contribution in [0.25, 0.3) is 10.9 Å². The number of carbonyl (C=O) groups excluding carboxylic acids is 1. The number of fused-ring (bicyclic) bond motifs is 1. The van der Waals surface area contributed by atoms with Crippen LogP contribution in [-0.2, 0) is 21.4 Å². The number of para-hydroxylation sites is 1. The molecular formula is C20H20N4O4S. The first kappa shape index (κ1) is 19.3. The summed E-state index contributed by atoms with van der Waals surface area (Å²) in [6.45, 7) is 0.799. The quantitative estimate of drug-likeness (QED) is 0.689. The van der Waals surface area contributed by atoms with Crippen molar-refractivity contribution in [3.63, 3.8) is 0 Å². The number of anilines is 1. The van der Waals surface area contributed by atoms with Gasteiger partial charge in [-0.3, -0.25) is 14.2 Å². The number of nitrogens with one attached hydrogen (secondary N) is 1. The van der Waals surface area contributed by atoms with Crippen LogP contribution in [0.5, 0.6) is 0 Å². The number of hydrogen-bond acceptors (Lipinski definition) is 5. The van der Waals surface area contributed by atoms with Crippen molar-refractivity contribution in [2.24, 2.45) is 0 Å². The van der Waals surface area contributed by atoms with Gasteiger partial charge >= 0.3 is 0 Å². The Balaban J connectivity index is 1.52. The van der Waals surface area contributed by atoms with E-state index in [-0.39, 0.29) is 17.0 Å². The lowest BCUT2D eigenvalue weighted by molar-refractivity contribution is -0.116. The number of carbonyl (C=O) groups is 1. The second-order valence-electron chi connectivity index (χ2n) is 6.88. The van der Waals surface area contributed by atoms with Gasteiger partial charge < -0.3 is 5.32 Å². The molecule has 1 aliphatic rings. The van der Waals surface area contributed by atoms with E-state index in [0.29, 0.717) is 29.7 Å².